The van der Waals surface area contributed by atoms with Crippen molar-refractivity contribution in [3.63, 3.8) is 0 Å². The van der Waals surface area contributed by atoms with Crippen molar-refractivity contribution in [1.29, 1.82) is 0 Å². The van der Waals surface area contributed by atoms with Gasteiger partial charge in [0.25, 0.3) is 0 Å². The van der Waals surface area contributed by atoms with Crippen LogP contribution in [0.1, 0.15) is 59.6 Å². The Hall–Kier alpha value is -3.41. The normalized spacial score (nSPS) is 21.5. The molecule has 0 spiro atoms. The van der Waals surface area contributed by atoms with Crippen LogP contribution in [-0.2, 0) is 20.8 Å². The molecule has 1 fully saturated rings. The number of rotatable bonds is 9. The molecule has 6 nitrogen and oxygen atoms in total. The molecule has 1 aliphatic rings. The van der Waals surface area contributed by atoms with E-state index >= 15 is 0 Å². The van der Waals surface area contributed by atoms with Gasteiger partial charge in [0, 0.05) is 45.8 Å². The number of benzene rings is 2. The zero-order chi connectivity index (χ0) is 27.7. The topological polar surface area (TPSA) is 95.5 Å². The molecule has 4 atom stereocenters. The van der Waals surface area contributed by atoms with Crippen LogP contribution in [0, 0.1) is 29.1 Å². The number of carboxylic acids is 1. The first-order valence-electron chi connectivity index (χ1n) is 12.8. The van der Waals surface area contributed by atoms with Crippen molar-refractivity contribution in [2.75, 3.05) is 10.6 Å². The third-order valence-corrected chi connectivity index (χ3v) is 6.89. The van der Waals surface area contributed by atoms with Gasteiger partial charge in [-0.2, -0.15) is 0 Å². The molecule has 2 aromatic carbocycles. The Bertz CT molecular complexity index is 1150. The van der Waals surface area contributed by atoms with Gasteiger partial charge in [0.05, 0.1) is 5.92 Å². The van der Waals surface area contributed by atoms with Gasteiger partial charge >= 0.3 is 5.97 Å². The number of carboxylic acid groups (broad SMARTS) is 1. The Morgan fingerprint density at radius 1 is 0.784 bits per heavy atom. The number of Topliss-reactive ketones (excluding diaryl/α,β-unsaturated/α-hetero) is 2. The van der Waals surface area contributed by atoms with E-state index < -0.39 is 35.1 Å². The van der Waals surface area contributed by atoms with Gasteiger partial charge in [0.15, 0.2) is 0 Å². The number of anilines is 2. The van der Waals surface area contributed by atoms with Crippen LogP contribution in [0.5, 0.6) is 0 Å². The van der Waals surface area contributed by atoms with Crippen molar-refractivity contribution in [2.45, 2.75) is 60.4 Å². The maximum atomic E-state index is 13.0. The first-order valence-corrected chi connectivity index (χ1v) is 12.8. The molecule has 3 N–H and O–H groups in total. The molecule has 198 valence electrons. The van der Waals surface area contributed by atoms with Crippen molar-refractivity contribution < 1.29 is 19.5 Å². The second-order valence-electron chi connectivity index (χ2n) is 12.3. The van der Waals surface area contributed by atoms with Crippen LogP contribution < -0.4 is 10.6 Å². The number of nitrogens with one attached hydrogen (secondary N) is 2. The van der Waals surface area contributed by atoms with E-state index in [-0.39, 0.29) is 17.1 Å². The first-order chi connectivity index (χ1) is 17.1. The molecular formula is C31H40N2O4. The lowest BCUT2D eigenvalue weighted by Gasteiger charge is -2.50. The number of allylic oxidation sites excluding steroid dienone is 1. The molecular weight excluding hydrogens is 464 g/mol. The summed E-state index contributed by atoms with van der Waals surface area (Å²) in [7, 11) is 0. The van der Waals surface area contributed by atoms with Crippen molar-refractivity contribution in [1.82, 2.24) is 0 Å². The van der Waals surface area contributed by atoms with Crippen LogP contribution in [0.4, 0.5) is 11.4 Å². The predicted molar refractivity (Wildman–Crippen MR) is 149 cm³/mol. The maximum Gasteiger partial charge on any atom is 0.307 e. The van der Waals surface area contributed by atoms with Crippen LogP contribution in [0.15, 0.2) is 60.8 Å². The van der Waals surface area contributed by atoms with Gasteiger partial charge < -0.3 is 15.7 Å². The monoisotopic (exact) mass is 504 g/mol. The van der Waals surface area contributed by atoms with Crippen LogP contribution in [0.2, 0.25) is 0 Å². The molecule has 0 radical (unpaired) electrons. The highest BCUT2D eigenvalue weighted by Gasteiger charge is 2.61. The Morgan fingerprint density at radius 3 is 1.68 bits per heavy atom. The second-order valence-corrected chi connectivity index (χ2v) is 12.3. The summed E-state index contributed by atoms with van der Waals surface area (Å²) >= 11 is 0. The number of carbonyl (C=O) groups is 3. The summed E-state index contributed by atoms with van der Waals surface area (Å²) in [6.45, 7) is 17.1. The number of hydrogen-bond donors (Lipinski definition) is 3. The quantitative estimate of drug-likeness (QED) is 0.377. The number of ketones is 2. The minimum atomic E-state index is -1.08. The summed E-state index contributed by atoms with van der Waals surface area (Å²) in [5.74, 6) is -4.62. The number of carbonyl (C=O) groups excluding carboxylic acids is 2. The number of hydrogen-bond acceptors (Lipinski definition) is 5. The lowest BCUT2D eigenvalue weighted by Crippen LogP contribution is -2.59. The lowest BCUT2D eigenvalue weighted by molar-refractivity contribution is -0.168. The van der Waals surface area contributed by atoms with Crippen LogP contribution >= 0.6 is 0 Å². The summed E-state index contributed by atoms with van der Waals surface area (Å²) in [6.07, 6.45) is 0.781. The fraction of sp³-hybridized carbons (Fsp3) is 0.452. The minimum Gasteiger partial charge on any atom is -0.481 e. The van der Waals surface area contributed by atoms with E-state index in [1.807, 2.05) is 24.3 Å². The highest BCUT2D eigenvalue weighted by molar-refractivity contribution is 5.98. The van der Waals surface area contributed by atoms with Gasteiger partial charge in [-0.15, -0.1) is 0 Å². The molecule has 3 rings (SSSR count). The van der Waals surface area contributed by atoms with Crippen LogP contribution in [0.3, 0.4) is 0 Å². The average molecular weight is 505 g/mol. The molecule has 0 heterocycles. The number of aliphatic carboxylic acids is 1. The zero-order valence-electron chi connectivity index (χ0n) is 23.0. The van der Waals surface area contributed by atoms with Crippen molar-refractivity contribution in [2.24, 2.45) is 29.1 Å². The van der Waals surface area contributed by atoms with E-state index in [1.165, 1.54) is 12.5 Å². The van der Waals surface area contributed by atoms with Gasteiger partial charge in [-0.1, -0.05) is 51.6 Å². The summed E-state index contributed by atoms with van der Waals surface area (Å²) in [5.41, 5.74) is 3.90. The molecule has 0 saturated heterocycles. The summed E-state index contributed by atoms with van der Waals surface area (Å²) in [4.78, 5) is 37.6. The largest absolute Gasteiger partial charge is 0.481 e. The van der Waals surface area contributed by atoms with E-state index in [0.29, 0.717) is 5.70 Å². The van der Waals surface area contributed by atoms with E-state index in [9.17, 15) is 19.5 Å². The van der Waals surface area contributed by atoms with E-state index in [2.05, 4.69) is 62.2 Å². The van der Waals surface area contributed by atoms with Gasteiger partial charge in [-0.25, -0.2) is 0 Å². The van der Waals surface area contributed by atoms with Crippen LogP contribution in [-0.4, -0.2) is 28.2 Å². The fourth-order valence-corrected chi connectivity index (χ4v) is 5.17. The molecule has 0 amide bonds. The standard InChI is InChI=1S/C31H40N2O4/c1-18(24-25(19(2)34)26(27(24)29(36)37)28(35)30(3,4)5)32-22-13-9-20(10-14-22)17-21-11-15-23(16-12-21)33-31(6,7)8/h9-16,24-27,32-33H,1,17H2,2-8H3,(H,36,37). The molecule has 37 heavy (non-hydrogen) atoms. The molecule has 1 saturated carbocycles. The lowest BCUT2D eigenvalue weighted by atomic mass is 9.51. The van der Waals surface area contributed by atoms with Gasteiger partial charge in [0.1, 0.15) is 11.6 Å². The third-order valence-electron chi connectivity index (χ3n) is 6.89. The van der Waals surface area contributed by atoms with Crippen molar-refractivity contribution in [3.8, 4) is 0 Å². The first kappa shape index (κ1) is 28.2. The smallest absolute Gasteiger partial charge is 0.307 e. The maximum absolute atomic E-state index is 13.0. The van der Waals surface area contributed by atoms with Gasteiger partial charge in [-0.05, 0) is 69.5 Å². The fourth-order valence-electron chi connectivity index (χ4n) is 5.17. The highest BCUT2D eigenvalue weighted by Crippen LogP contribution is 2.52. The van der Waals surface area contributed by atoms with Crippen LogP contribution in [0.25, 0.3) is 0 Å². The Morgan fingerprint density at radius 2 is 1.27 bits per heavy atom. The summed E-state index contributed by atoms with van der Waals surface area (Å²) in [6, 6.07) is 16.3. The summed E-state index contributed by atoms with van der Waals surface area (Å²) in [5, 5.41) is 16.6. The second kappa shape index (κ2) is 10.5. The average Bonchev–Trinajstić information content (AvgIpc) is 2.73. The van der Waals surface area contributed by atoms with Crippen molar-refractivity contribution >= 4 is 28.9 Å². The molecule has 6 heteroatoms. The molecule has 0 bridgehead atoms. The Balaban J connectivity index is 1.69. The third kappa shape index (κ3) is 6.68. The highest BCUT2D eigenvalue weighted by atomic mass is 16.4. The Labute approximate surface area is 220 Å². The molecule has 4 unspecified atom stereocenters. The van der Waals surface area contributed by atoms with E-state index in [1.54, 1.807) is 20.8 Å². The molecule has 1 aliphatic carbocycles. The van der Waals surface area contributed by atoms with Gasteiger partial charge in [-0.3, -0.25) is 14.4 Å². The summed E-state index contributed by atoms with van der Waals surface area (Å²) < 4.78 is 0. The van der Waals surface area contributed by atoms with Crippen molar-refractivity contribution in [3.05, 3.63) is 71.9 Å². The van der Waals surface area contributed by atoms with E-state index in [4.69, 9.17) is 0 Å². The Kier molecular flexibility index (Phi) is 8.01. The predicted octanol–water partition coefficient (Wildman–Crippen LogP) is 6.18. The minimum absolute atomic E-state index is 0.00574. The van der Waals surface area contributed by atoms with E-state index in [0.717, 1.165) is 23.4 Å². The zero-order valence-corrected chi connectivity index (χ0v) is 23.0. The molecule has 2 aromatic rings. The molecule has 0 aromatic heterocycles. The SMILES string of the molecule is C=C(Nc1ccc(Cc2ccc(NC(C)(C)C)cc2)cc1)C1C(C(C)=O)C(C(=O)C(C)(C)C)C1C(=O)O. The molecule has 0 aliphatic heterocycles. The van der Waals surface area contributed by atoms with Gasteiger partial charge in [0.2, 0.25) is 0 Å².